The highest BCUT2D eigenvalue weighted by Crippen LogP contribution is 2.17. The van der Waals surface area contributed by atoms with Crippen LogP contribution in [0.1, 0.15) is 0 Å². The van der Waals surface area contributed by atoms with Gasteiger partial charge in [0.05, 0.1) is 5.69 Å². The van der Waals surface area contributed by atoms with Crippen molar-refractivity contribution in [2.24, 2.45) is 0 Å². The Morgan fingerprint density at radius 3 is 2.38 bits per heavy atom. The number of halogens is 1. The van der Waals surface area contributed by atoms with E-state index in [1.807, 2.05) is 30.3 Å². The number of pyridine rings is 1. The number of aromatic nitrogens is 1. The van der Waals surface area contributed by atoms with Crippen LogP contribution < -0.4 is 5.46 Å². The quantitative estimate of drug-likeness (QED) is 0.641. The van der Waals surface area contributed by atoms with Crippen molar-refractivity contribution in [3.63, 3.8) is 0 Å². The third-order valence-corrected chi connectivity index (χ3v) is 2.59. The summed E-state index contributed by atoms with van der Waals surface area (Å²) in [7, 11) is -1.48. The Labute approximate surface area is 102 Å². The SMILES string of the molecule is OB(O)c1cc(Br)nc(-c2ccccc2)c1. The molecule has 0 aliphatic rings. The van der Waals surface area contributed by atoms with Crippen molar-refractivity contribution in [2.75, 3.05) is 0 Å². The molecular weight excluding hydrogens is 269 g/mol. The highest BCUT2D eigenvalue weighted by Gasteiger charge is 2.13. The number of benzene rings is 1. The number of hydrogen-bond acceptors (Lipinski definition) is 3. The normalized spacial score (nSPS) is 10.2. The van der Waals surface area contributed by atoms with Gasteiger partial charge in [0, 0.05) is 5.56 Å². The van der Waals surface area contributed by atoms with Gasteiger partial charge in [-0.15, -0.1) is 0 Å². The second-order valence-corrected chi connectivity index (χ2v) is 4.16. The first-order valence-electron chi connectivity index (χ1n) is 4.76. The summed E-state index contributed by atoms with van der Waals surface area (Å²) in [6.45, 7) is 0. The van der Waals surface area contributed by atoms with Gasteiger partial charge in [0.2, 0.25) is 0 Å². The van der Waals surface area contributed by atoms with E-state index in [0.29, 0.717) is 15.8 Å². The second kappa shape index (κ2) is 4.78. The van der Waals surface area contributed by atoms with Crippen molar-refractivity contribution >= 4 is 28.5 Å². The Balaban J connectivity index is 2.50. The van der Waals surface area contributed by atoms with Crippen LogP contribution in [0.25, 0.3) is 11.3 Å². The van der Waals surface area contributed by atoms with Gasteiger partial charge in [-0.25, -0.2) is 4.98 Å². The van der Waals surface area contributed by atoms with Crippen LogP contribution in [0.4, 0.5) is 0 Å². The molecule has 0 saturated heterocycles. The highest BCUT2D eigenvalue weighted by molar-refractivity contribution is 9.10. The number of hydrogen-bond donors (Lipinski definition) is 2. The van der Waals surface area contributed by atoms with Crippen LogP contribution in [0.5, 0.6) is 0 Å². The Bertz CT molecular complexity index is 491. The average molecular weight is 278 g/mol. The van der Waals surface area contributed by atoms with Crippen LogP contribution >= 0.6 is 15.9 Å². The molecule has 0 fully saturated rings. The summed E-state index contributed by atoms with van der Waals surface area (Å²) in [6, 6.07) is 12.8. The van der Waals surface area contributed by atoms with Crippen LogP contribution in [0, 0.1) is 0 Å². The van der Waals surface area contributed by atoms with Crippen LogP contribution in [-0.4, -0.2) is 22.2 Å². The predicted octanol–water partition coefficient (Wildman–Crippen LogP) is 1.19. The van der Waals surface area contributed by atoms with E-state index < -0.39 is 7.12 Å². The molecule has 0 amide bonds. The first-order valence-corrected chi connectivity index (χ1v) is 5.55. The zero-order valence-corrected chi connectivity index (χ0v) is 9.92. The molecule has 0 unspecified atom stereocenters. The van der Waals surface area contributed by atoms with E-state index in [9.17, 15) is 0 Å². The van der Waals surface area contributed by atoms with Gasteiger partial charge in [0.15, 0.2) is 0 Å². The monoisotopic (exact) mass is 277 g/mol. The lowest BCUT2D eigenvalue weighted by Crippen LogP contribution is -2.30. The van der Waals surface area contributed by atoms with Gasteiger partial charge >= 0.3 is 7.12 Å². The smallest absolute Gasteiger partial charge is 0.423 e. The lowest BCUT2D eigenvalue weighted by atomic mass is 9.80. The van der Waals surface area contributed by atoms with E-state index in [1.54, 1.807) is 12.1 Å². The Morgan fingerprint density at radius 1 is 1.06 bits per heavy atom. The van der Waals surface area contributed by atoms with Crippen molar-refractivity contribution in [3.05, 3.63) is 47.1 Å². The second-order valence-electron chi connectivity index (χ2n) is 3.35. The molecule has 1 heterocycles. The van der Waals surface area contributed by atoms with Crippen molar-refractivity contribution in [1.29, 1.82) is 0 Å². The average Bonchev–Trinajstić information content (AvgIpc) is 2.29. The highest BCUT2D eigenvalue weighted by atomic mass is 79.9. The van der Waals surface area contributed by atoms with Crippen molar-refractivity contribution in [1.82, 2.24) is 4.98 Å². The largest absolute Gasteiger partial charge is 0.488 e. The van der Waals surface area contributed by atoms with Gasteiger partial charge in [0.25, 0.3) is 0 Å². The third kappa shape index (κ3) is 2.50. The zero-order valence-electron chi connectivity index (χ0n) is 8.34. The number of nitrogens with zero attached hydrogens (tertiary/aromatic N) is 1. The summed E-state index contributed by atoms with van der Waals surface area (Å²) < 4.78 is 0.581. The van der Waals surface area contributed by atoms with Crippen LogP contribution in [-0.2, 0) is 0 Å². The standard InChI is InChI=1S/C11H9BBrNO2/c13-11-7-9(12(15)16)6-10(14-11)8-4-2-1-3-5-8/h1-7,15-16H. The molecule has 3 nitrogen and oxygen atoms in total. The Morgan fingerprint density at radius 2 is 1.75 bits per heavy atom. The molecule has 0 aliphatic heterocycles. The maximum atomic E-state index is 9.13. The zero-order chi connectivity index (χ0) is 11.5. The fourth-order valence-corrected chi connectivity index (χ4v) is 1.88. The van der Waals surface area contributed by atoms with E-state index in [4.69, 9.17) is 10.0 Å². The Kier molecular flexibility index (Phi) is 3.38. The molecule has 0 aliphatic carbocycles. The van der Waals surface area contributed by atoms with Gasteiger partial charge in [-0.2, -0.15) is 0 Å². The van der Waals surface area contributed by atoms with E-state index in [-0.39, 0.29) is 0 Å². The molecule has 16 heavy (non-hydrogen) atoms. The van der Waals surface area contributed by atoms with Gasteiger partial charge in [0.1, 0.15) is 4.60 Å². The third-order valence-electron chi connectivity index (χ3n) is 2.18. The molecule has 0 spiro atoms. The summed E-state index contributed by atoms with van der Waals surface area (Å²) in [4.78, 5) is 4.28. The van der Waals surface area contributed by atoms with Gasteiger partial charge in [-0.05, 0) is 33.5 Å². The lowest BCUT2D eigenvalue weighted by molar-refractivity contribution is 0.425. The molecule has 2 aromatic rings. The van der Waals surface area contributed by atoms with Crippen molar-refractivity contribution in [3.8, 4) is 11.3 Å². The lowest BCUT2D eigenvalue weighted by Gasteiger charge is -2.05. The van der Waals surface area contributed by atoms with E-state index in [2.05, 4.69) is 20.9 Å². The van der Waals surface area contributed by atoms with Crippen LogP contribution in [0.2, 0.25) is 0 Å². The fraction of sp³-hybridized carbons (Fsp3) is 0. The van der Waals surface area contributed by atoms with E-state index in [0.717, 1.165) is 5.56 Å². The van der Waals surface area contributed by atoms with Crippen molar-refractivity contribution in [2.45, 2.75) is 0 Å². The molecule has 0 radical (unpaired) electrons. The molecule has 80 valence electrons. The molecule has 0 atom stereocenters. The predicted molar refractivity (Wildman–Crippen MR) is 67.2 cm³/mol. The minimum atomic E-state index is -1.48. The molecule has 0 bridgehead atoms. The van der Waals surface area contributed by atoms with E-state index >= 15 is 0 Å². The maximum Gasteiger partial charge on any atom is 0.488 e. The summed E-state index contributed by atoms with van der Waals surface area (Å²) >= 11 is 3.25. The van der Waals surface area contributed by atoms with Gasteiger partial charge in [-0.1, -0.05) is 30.3 Å². The van der Waals surface area contributed by atoms with Crippen LogP contribution in [0.15, 0.2) is 47.1 Å². The fourth-order valence-electron chi connectivity index (χ4n) is 1.42. The van der Waals surface area contributed by atoms with Crippen LogP contribution in [0.3, 0.4) is 0 Å². The summed E-state index contributed by atoms with van der Waals surface area (Å²) in [6.07, 6.45) is 0. The van der Waals surface area contributed by atoms with Gasteiger partial charge < -0.3 is 10.0 Å². The molecule has 0 saturated carbocycles. The Hall–Kier alpha value is -1.17. The first kappa shape index (κ1) is 11.3. The van der Waals surface area contributed by atoms with Gasteiger partial charge in [-0.3, -0.25) is 0 Å². The molecule has 5 heteroatoms. The van der Waals surface area contributed by atoms with Crippen molar-refractivity contribution < 1.29 is 10.0 Å². The summed E-state index contributed by atoms with van der Waals surface area (Å²) in [5, 5.41) is 18.3. The minimum absolute atomic E-state index is 0.417. The first-order chi connectivity index (χ1) is 7.66. The van der Waals surface area contributed by atoms with E-state index in [1.165, 1.54) is 0 Å². The maximum absolute atomic E-state index is 9.13. The minimum Gasteiger partial charge on any atom is -0.423 e. The molecule has 2 N–H and O–H groups in total. The molecular formula is C11H9BBrNO2. The topological polar surface area (TPSA) is 53.4 Å². The number of rotatable bonds is 2. The summed E-state index contributed by atoms with van der Waals surface area (Å²) in [5.74, 6) is 0. The molecule has 1 aromatic carbocycles. The summed E-state index contributed by atoms with van der Waals surface area (Å²) in [5.41, 5.74) is 2.06. The molecule has 1 aromatic heterocycles. The molecule has 2 rings (SSSR count).